The standard InChI is InChI=1S/C18H20BrFN2O3S/c1-25-17-7-4-15(19)12-18(17)26(23,24)22-10-8-21(9-11-22)13-14-2-5-16(20)6-3-14/h2-7,12H,8-11,13H2,1H3. The van der Waals surface area contributed by atoms with Crippen molar-refractivity contribution in [3.8, 4) is 5.75 Å². The Morgan fingerprint density at radius 1 is 1.08 bits per heavy atom. The number of benzene rings is 2. The maximum atomic E-state index is 13.0. The van der Waals surface area contributed by atoms with Crippen LogP contribution in [0.3, 0.4) is 0 Å². The van der Waals surface area contributed by atoms with Gasteiger partial charge in [0.15, 0.2) is 0 Å². The van der Waals surface area contributed by atoms with E-state index in [0.29, 0.717) is 42.9 Å². The highest BCUT2D eigenvalue weighted by molar-refractivity contribution is 9.10. The molecule has 0 unspecified atom stereocenters. The zero-order valence-electron chi connectivity index (χ0n) is 14.4. The normalized spacial score (nSPS) is 16.6. The summed E-state index contributed by atoms with van der Waals surface area (Å²) in [6.07, 6.45) is 0. The summed E-state index contributed by atoms with van der Waals surface area (Å²) in [7, 11) is -2.17. The van der Waals surface area contributed by atoms with Gasteiger partial charge >= 0.3 is 0 Å². The number of halogens is 2. The number of methoxy groups -OCH3 is 1. The van der Waals surface area contributed by atoms with Gasteiger partial charge in [-0.1, -0.05) is 28.1 Å². The Balaban J connectivity index is 1.69. The molecule has 2 aromatic rings. The lowest BCUT2D eigenvalue weighted by atomic mass is 10.2. The van der Waals surface area contributed by atoms with Crippen LogP contribution in [0, 0.1) is 5.82 Å². The Kier molecular flexibility index (Phi) is 5.96. The number of ether oxygens (including phenoxy) is 1. The Hall–Kier alpha value is -1.48. The van der Waals surface area contributed by atoms with E-state index in [1.165, 1.54) is 23.5 Å². The molecule has 1 fully saturated rings. The van der Waals surface area contributed by atoms with Crippen LogP contribution in [-0.4, -0.2) is 50.9 Å². The van der Waals surface area contributed by atoms with Gasteiger partial charge in [-0.2, -0.15) is 4.31 Å². The van der Waals surface area contributed by atoms with Crippen molar-refractivity contribution in [2.75, 3.05) is 33.3 Å². The van der Waals surface area contributed by atoms with E-state index < -0.39 is 10.0 Å². The predicted octanol–water partition coefficient (Wildman–Crippen LogP) is 3.10. The molecular formula is C18H20BrFN2O3S. The summed E-state index contributed by atoms with van der Waals surface area (Å²) in [4.78, 5) is 2.33. The molecule has 140 valence electrons. The van der Waals surface area contributed by atoms with Crippen LogP contribution in [0.5, 0.6) is 5.75 Å². The van der Waals surface area contributed by atoms with Gasteiger partial charge in [-0.05, 0) is 35.9 Å². The minimum atomic E-state index is -3.63. The molecule has 1 heterocycles. The average Bonchev–Trinajstić information content (AvgIpc) is 2.64. The fourth-order valence-corrected chi connectivity index (χ4v) is 5.08. The first-order valence-electron chi connectivity index (χ1n) is 8.20. The highest BCUT2D eigenvalue weighted by atomic mass is 79.9. The van der Waals surface area contributed by atoms with E-state index in [4.69, 9.17) is 4.74 Å². The molecule has 0 saturated carbocycles. The first-order valence-corrected chi connectivity index (χ1v) is 10.4. The number of sulfonamides is 1. The Morgan fingerprint density at radius 2 is 1.73 bits per heavy atom. The van der Waals surface area contributed by atoms with Gasteiger partial charge in [0, 0.05) is 37.2 Å². The fourth-order valence-electron chi connectivity index (χ4n) is 2.97. The second kappa shape index (κ2) is 8.04. The zero-order valence-corrected chi connectivity index (χ0v) is 16.8. The number of piperazine rings is 1. The topological polar surface area (TPSA) is 49.9 Å². The van der Waals surface area contributed by atoms with Crippen molar-refractivity contribution in [3.05, 3.63) is 58.3 Å². The smallest absolute Gasteiger partial charge is 0.246 e. The molecule has 1 saturated heterocycles. The number of rotatable bonds is 5. The quantitative estimate of drug-likeness (QED) is 0.713. The Bertz CT molecular complexity index is 867. The van der Waals surface area contributed by atoms with Crippen LogP contribution in [0.2, 0.25) is 0 Å². The van der Waals surface area contributed by atoms with E-state index in [2.05, 4.69) is 20.8 Å². The predicted molar refractivity (Wildman–Crippen MR) is 101 cm³/mol. The second-order valence-electron chi connectivity index (χ2n) is 6.10. The first kappa shape index (κ1) is 19.3. The zero-order chi connectivity index (χ0) is 18.7. The van der Waals surface area contributed by atoms with Crippen LogP contribution >= 0.6 is 15.9 Å². The lowest BCUT2D eigenvalue weighted by Gasteiger charge is -2.34. The summed E-state index contributed by atoms with van der Waals surface area (Å²) < 4.78 is 46.4. The van der Waals surface area contributed by atoms with Crippen LogP contribution < -0.4 is 4.74 Å². The lowest BCUT2D eigenvalue weighted by molar-refractivity contribution is 0.181. The largest absolute Gasteiger partial charge is 0.495 e. The van der Waals surface area contributed by atoms with E-state index in [9.17, 15) is 12.8 Å². The van der Waals surface area contributed by atoms with Crippen molar-refractivity contribution in [2.24, 2.45) is 0 Å². The van der Waals surface area contributed by atoms with Crippen LogP contribution in [-0.2, 0) is 16.6 Å². The molecule has 8 heteroatoms. The van der Waals surface area contributed by atoms with Crippen molar-refractivity contribution < 1.29 is 17.5 Å². The maximum Gasteiger partial charge on any atom is 0.246 e. The molecule has 1 aliphatic heterocycles. The van der Waals surface area contributed by atoms with E-state index >= 15 is 0 Å². The molecule has 3 rings (SSSR count). The molecule has 0 spiro atoms. The van der Waals surface area contributed by atoms with Crippen molar-refractivity contribution in [1.82, 2.24) is 9.21 Å². The molecule has 0 N–H and O–H groups in total. The SMILES string of the molecule is COc1ccc(Br)cc1S(=O)(=O)N1CCN(Cc2ccc(F)cc2)CC1. The monoisotopic (exact) mass is 442 g/mol. The molecule has 0 aliphatic carbocycles. The summed E-state index contributed by atoms with van der Waals surface area (Å²) in [5, 5.41) is 0. The van der Waals surface area contributed by atoms with Gasteiger partial charge in [0.25, 0.3) is 0 Å². The van der Waals surface area contributed by atoms with Gasteiger partial charge in [0.05, 0.1) is 7.11 Å². The van der Waals surface area contributed by atoms with Gasteiger partial charge in [-0.25, -0.2) is 12.8 Å². The number of nitrogens with zero attached hydrogens (tertiary/aromatic N) is 2. The van der Waals surface area contributed by atoms with Gasteiger partial charge in [0.1, 0.15) is 16.5 Å². The molecule has 26 heavy (non-hydrogen) atoms. The summed E-state index contributed by atoms with van der Waals surface area (Å²) in [5.74, 6) is 0.0783. The first-order chi connectivity index (χ1) is 12.4. The highest BCUT2D eigenvalue weighted by Crippen LogP contribution is 2.30. The highest BCUT2D eigenvalue weighted by Gasteiger charge is 2.31. The third-order valence-electron chi connectivity index (χ3n) is 4.39. The molecule has 0 aromatic heterocycles. The molecule has 0 bridgehead atoms. The lowest BCUT2D eigenvalue weighted by Crippen LogP contribution is -2.48. The van der Waals surface area contributed by atoms with E-state index in [1.807, 2.05) is 0 Å². The van der Waals surface area contributed by atoms with Crippen LogP contribution in [0.1, 0.15) is 5.56 Å². The number of hydrogen-bond acceptors (Lipinski definition) is 4. The molecule has 0 atom stereocenters. The summed E-state index contributed by atoms with van der Waals surface area (Å²) in [5.41, 5.74) is 1.01. The molecular weight excluding hydrogens is 423 g/mol. The second-order valence-corrected chi connectivity index (χ2v) is 8.92. The summed E-state index contributed by atoms with van der Waals surface area (Å²) in [6.45, 7) is 2.71. The Labute approximate surface area is 161 Å². The molecule has 1 aliphatic rings. The number of hydrogen-bond donors (Lipinski definition) is 0. The molecule has 0 radical (unpaired) electrons. The van der Waals surface area contributed by atoms with E-state index in [-0.39, 0.29) is 10.7 Å². The molecule has 5 nitrogen and oxygen atoms in total. The molecule has 0 amide bonds. The fraction of sp³-hybridized carbons (Fsp3) is 0.333. The van der Waals surface area contributed by atoms with Crippen LogP contribution in [0.4, 0.5) is 4.39 Å². The summed E-state index contributed by atoms with van der Waals surface area (Å²) in [6, 6.07) is 11.3. The van der Waals surface area contributed by atoms with E-state index in [0.717, 1.165) is 5.56 Å². The average molecular weight is 443 g/mol. The van der Waals surface area contributed by atoms with Crippen molar-refractivity contribution in [2.45, 2.75) is 11.4 Å². The van der Waals surface area contributed by atoms with Crippen LogP contribution in [0.25, 0.3) is 0 Å². The van der Waals surface area contributed by atoms with Crippen molar-refractivity contribution >= 4 is 26.0 Å². The minimum absolute atomic E-state index is 0.168. The third-order valence-corrected chi connectivity index (χ3v) is 6.81. The summed E-state index contributed by atoms with van der Waals surface area (Å²) >= 11 is 3.32. The van der Waals surface area contributed by atoms with Crippen molar-refractivity contribution in [1.29, 1.82) is 0 Å². The van der Waals surface area contributed by atoms with Crippen molar-refractivity contribution in [3.63, 3.8) is 0 Å². The Morgan fingerprint density at radius 3 is 2.35 bits per heavy atom. The van der Waals surface area contributed by atoms with Gasteiger partial charge in [0.2, 0.25) is 10.0 Å². The van der Waals surface area contributed by atoms with Crippen LogP contribution in [0.15, 0.2) is 51.8 Å². The van der Waals surface area contributed by atoms with Gasteiger partial charge in [-0.15, -0.1) is 0 Å². The third kappa shape index (κ3) is 4.25. The molecule has 2 aromatic carbocycles. The van der Waals surface area contributed by atoms with Gasteiger partial charge in [-0.3, -0.25) is 4.90 Å². The minimum Gasteiger partial charge on any atom is -0.495 e. The maximum absolute atomic E-state index is 13.0. The van der Waals surface area contributed by atoms with E-state index in [1.54, 1.807) is 30.3 Å². The van der Waals surface area contributed by atoms with Gasteiger partial charge < -0.3 is 4.74 Å².